The summed E-state index contributed by atoms with van der Waals surface area (Å²) in [4.78, 5) is 11.2. The fourth-order valence-electron chi connectivity index (χ4n) is 3.73. The van der Waals surface area contributed by atoms with E-state index in [9.17, 15) is 9.90 Å². The zero-order chi connectivity index (χ0) is 15.0. The van der Waals surface area contributed by atoms with Crippen LogP contribution >= 0.6 is 0 Å². The highest BCUT2D eigenvalue weighted by molar-refractivity contribution is 5.71. The van der Waals surface area contributed by atoms with Gasteiger partial charge in [0.25, 0.3) is 0 Å². The van der Waals surface area contributed by atoms with E-state index in [-0.39, 0.29) is 17.5 Å². The van der Waals surface area contributed by atoms with Crippen LogP contribution in [-0.2, 0) is 9.53 Å². The molecule has 0 aromatic heterocycles. The molecule has 2 rings (SSSR count). The van der Waals surface area contributed by atoms with Gasteiger partial charge in [-0.3, -0.25) is 4.79 Å². The number of carbonyl (C=O) groups is 1. The van der Waals surface area contributed by atoms with Crippen molar-refractivity contribution in [2.24, 2.45) is 5.41 Å². The second-order valence-electron chi connectivity index (χ2n) is 7.37. The first kappa shape index (κ1) is 15.6. The molecule has 2 atom stereocenters. The van der Waals surface area contributed by atoms with E-state index in [2.05, 4.69) is 20.8 Å². The summed E-state index contributed by atoms with van der Waals surface area (Å²) in [6.45, 7) is 8.63. The van der Waals surface area contributed by atoms with Crippen LogP contribution in [0, 0.1) is 5.41 Å². The van der Waals surface area contributed by atoms with Gasteiger partial charge in [0.2, 0.25) is 0 Å². The number of allylic oxidation sites excluding steroid dienone is 2. The highest BCUT2D eigenvalue weighted by atomic mass is 16.6. The largest absolute Gasteiger partial charge is 0.459 e. The molecule has 0 saturated carbocycles. The summed E-state index contributed by atoms with van der Waals surface area (Å²) >= 11 is 0. The highest BCUT2D eigenvalue weighted by Gasteiger charge is 2.40. The predicted octanol–water partition coefficient (Wildman–Crippen LogP) is 3.75. The molecule has 20 heavy (non-hydrogen) atoms. The summed E-state index contributed by atoms with van der Waals surface area (Å²) < 4.78 is 5.24. The SMILES string of the molecule is CC1=C(CC[C@@](C)(O)[C@@H]2CCC(=O)O2)C(C)(C)CCC1. The molecule has 0 bridgehead atoms. The van der Waals surface area contributed by atoms with Gasteiger partial charge in [-0.1, -0.05) is 25.0 Å². The molecular weight excluding hydrogens is 252 g/mol. The van der Waals surface area contributed by atoms with Crippen molar-refractivity contribution in [1.82, 2.24) is 0 Å². The van der Waals surface area contributed by atoms with Crippen LogP contribution in [0.2, 0.25) is 0 Å². The maximum Gasteiger partial charge on any atom is 0.306 e. The van der Waals surface area contributed by atoms with Gasteiger partial charge in [0, 0.05) is 6.42 Å². The molecule has 2 aliphatic rings. The maximum atomic E-state index is 11.2. The Hall–Kier alpha value is -0.830. The Labute approximate surface area is 122 Å². The van der Waals surface area contributed by atoms with Crippen LogP contribution in [0.25, 0.3) is 0 Å². The van der Waals surface area contributed by atoms with Crippen LogP contribution in [0.1, 0.15) is 72.6 Å². The molecule has 0 aromatic rings. The van der Waals surface area contributed by atoms with Crippen LogP contribution < -0.4 is 0 Å². The Morgan fingerprint density at radius 1 is 1.40 bits per heavy atom. The van der Waals surface area contributed by atoms with Crippen molar-refractivity contribution in [2.45, 2.75) is 84.3 Å². The fourth-order valence-corrected chi connectivity index (χ4v) is 3.73. The summed E-state index contributed by atoms with van der Waals surface area (Å²) in [7, 11) is 0. The van der Waals surface area contributed by atoms with Crippen molar-refractivity contribution in [2.75, 3.05) is 0 Å². The number of carbonyl (C=O) groups excluding carboxylic acids is 1. The minimum absolute atomic E-state index is 0.177. The van der Waals surface area contributed by atoms with E-state index in [0.29, 0.717) is 19.3 Å². The molecule has 0 aromatic carbocycles. The molecule has 1 saturated heterocycles. The second-order valence-corrected chi connectivity index (χ2v) is 7.37. The highest BCUT2D eigenvalue weighted by Crippen LogP contribution is 2.43. The third kappa shape index (κ3) is 3.25. The monoisotopic (exact) mass is 280 g/mol. The Balaban J connectivity index is 2.02. The molecule has 0 spiro atoms. The van der Waals surface area contributed by atoms with Crippen LogP contribution in [0.5, 0.6) is 0 Å². The summed E-state index contributed by atoms with van der Waals surface area (Å²) in [6, 6.07) is 0. The molecular formula is C17H28O3. The van der Waals surface area contributed by atoms with Crippen molar-refractivity contribution in [3.05, 3.63) is 11.1 Å². The standard InChI is InChI=1S/C17H28O3/c1-12-6-5-10-16(2,3)13(12)9-11-17(4,19)14-7-8-15(18)20-14/h14,19H,5-11H2,1-4H3/t14-,17+/m0/s1. The van der Waals surface area contributed by atoms with E-state index in [1.165, 1.54) is 30.4 Å². The first-order valence-corrected chi connectivity index (χ1v) is 7.83. The minimum Gasteiger partial charge on any atom is -0.459 e. The Bertz CT molecular complexity index is 418. The summed E-state index contributed by atoms with van der Waals surface area (Å²) in [5, 5.41) is 10.6. The number of hydrogen-bond donors (Lipinski definition) is 1. The number of cyclic esters (lactones) is 1. The van der Waals surface area contributed by atoms with Crippen LogP contribution in [0.3, 0.4) is 0 Å². The van der Waals surface area contributed by atoms with Crippen molar-refractivity contribution >= 4 is 5.97 Å². The zero-order valence-electron chi connectivity index (χ0n) is 13.3. The molecule has 1 heterocycles. The lowest BCUT2D eigenvalue weighted by Gasteiger charge is -2.37. The van der Waals surface area contributed by atoms with Crippen molar-refractivity contribution in [3.8, 4) is 0 Å². The molecule has 1 aliphatic heterocycles. The number of aliphatic hydroxyl groups is 1. The van der Waals surface area contributed by atoms with E-state index in [0.717, 1.165) is 6.42 Å². The molecule has 1 aliphatic carbocycles. The van der Waals surface area contributed by atoms with Gasteiger partial charge in [-0.25, -0.2) is 0 Å². The Morgan fingerprint density at radius 3 is 2.65 bits per heavy atom. The van der Waals surface area contributed by atoms with Crippen LogP contribution in [0.15, 0.2) is 11.1 Å². The number of ether oxygens (including phenoxy) is 1. The predicted molar refractivity (Wildman–Crippen MR) is 79.3 cm³/mol. The van der Waals surface area contributed by atoms with E-state index >= 15 is 0 Å². The molecule has 0 amide bonds. The summed E-state index contributed by atoms with van der Waals surface area (Å²) in [5.41, 5.74) is 2.31. The lowest BCUT2D eigenvalue weighted by Crippen LogP contribution is -2.39. The van der Waals surface area contributed by atoms with Gasteiger partial charge in [-0.15, -0.1) is 0 Å². The van der Waals surface area contributed by atoms with E-state index in [1.807, 2.05) is 6.92 Å². The van der Waals surface area contributed by atoms with E-state index in [1.54, 1.807) is 0 Å². The van der Waals surface area contributed by atoms with Crippen LogP contribution in [0.4, 0.5) is 0 Å². The number of rotatable bonds is 4. The average molecular weight is 280 g/mol. The van der Waals surface area contributed by atoms with Crippen molar-refractivity contribution < 1.29 is 14.6 Å². The lowest BCUT2D eigenvalue weighted by molar-refractivity contribution is -0.152. The van der Waals surface area contributed by atoms with Gasteiger partial charge < -0.3 is 9.84 Å². The molecule has 0 radical (unpaired) electrons. The average Bonchev–Trinajstić information content (AvgIpc) is 2.75. The topological polar surface area (TPSA) is 46.5 Å². The van der Waals surface area contributed by atoms with Gasteiger partial charge in [-0.05, 0) is 57.8 Å². The third-order valence-electron chi connectivity index (χ3n) is 5.14. The second kappa shape index (κ2) is 5.51. The summed E-state index contributed by atoms with van der Waals surface area (Å²) in [5.74, 6) is -0.177. The minimum atomic E-state index is -0.910. The van der Waals surface area contributed by atoms with Gasteiger partial charge in [0.05, 0.1) is 5.60 Å². The number of hydrogen-bond acceptors (Lipinski definition) is 3. The molecule has 1 fully saturated rings. The molecule has 114 valence electrons. The first-order chi connectivity index (χ1) is 9.22. The third-order valence-corrected chi connectivity index (χ3v) is 5.14. The van der Waals surface area contributed by atoms with Crippen molar-refractivity contribution in [3.63, 3.8) is 0 Å². The smallest absolute Gasteiger partial charge is 0.306 e. The van der Waals surface area contributed by atoms with Gasteiger partial charge in [0.1, 0.15) is 6.10 Å². The Kier molecular flexibility index (Phi) is 4.29. The normalized spacial score (nSPS) is 29.2. The lowest BCUT2D eigenvalue weighted by atomic mass is 9.70. The van der Waals surface area contributed by atoms with Crippen molar-refractivity contribution in [1.29, 1.82) is 0 Å². The van der Waals surface area contributed by atoms with Gasteiger partial charge in [0.15, 0.2) is 0 Å². The van der Waals surface area contributed by atoms with E-state index < -0.39 is 5.60 Å². The van der Waals surface area contributed by atoms with Crippen LogP contribution in [-0.4, -0.2) is 22.8 Å². The molecule has 1 N–H and O–H groups in total. The fraction of sp³-hybridized carbons (Fsp3) is 0.824. The van der Waals surface area contributed by atoms with Gasteiger partial charge >= 0.3 is 5.97 Å². The van der Waals surface area contributed by atoms with Gasteiger partial charge in [-0.2, -0.15) is 0 Å². The molecule has 0 unspecified atom stereocenters. The number of esters is 1. The zero-order valence-corrected chi connectivity index (χ0v) is 13.3. The molecule has 3 heteroatoms. The molecule has 3 nitrogen and oxygen atoms in total. The first-order valence-electron chi connectivity index (χ1n) is 7.83. The summed E-state index contributed by atoms with van der Waals surface area (Å²) in [6.07, 6.45) is 5.99. The maximum absolute atomic E-state index is 11.2. The quantitative estimate of drug-likeness (QED) is 0.630. The van der Waals surface area contributed by atoms with E-state index in [4.69, 9.17) is 4.74 Å². The Morgan fingerprint density at radius 2 is 2.10 bits per heavy atom.